The van der Waals surface area contributed by atoms with E-state index in [4.69, 9.17) is 22.1 Å². The maximum atomic E-state index is 11.7. The Morgan fingerprint density at radius 2 is 2.25 bits per heavy atom. The molecule has 0 atom stereocenters. The van der Waals surface area contributed by atoms with Crippen LogP contribution < -0.4 is 5.73 Å². The largest absolute Gasteiger partial charge is 0.462 e. The number of hydrogen-bond donors (Lipinski definition) is 1. The summed E-state index contributed by atoms with van der Waals surface area (Å²) in [7, 11) is 0. The average Bonchev–Trinajstić information content (AvgIpc) is 2.19. The highest BCUT2D eigenvalue weighted by Gasteiger charge is 2.20. The molecule has 2 N–H and O–H groups in total. The van der Waals surface area contributed by atoms with Gasteiger partial charge in [0.15, 0.2) is 0 Å². The topological polar surface area (TPSA) is 52.3 Å². The molecule has 0 amide bonds. The maximum absolute atomic E-state index is 11.7. The van der Waals surface area contributed by atoms with Crippen LogP contribution in [0.5, 0.6) is 0 Å². The van der Waals surface area contributed by atoms with Crippen molar-refractivity contribution < 1.29 is 9.53 Å². The Bertz CT molecular complexity index is 402. The monoisotopic (exact) mass is 239 g/mol. The Morgan fingerprint density at radius 3 is 2.88 bits per heavy atom. The fourth-order valence-corrected chi connectivity index (χ4v) is 1.81. The SMILES string of the molecule is Nc1ccc(Cl)cc1C(=O)OCC1CCC1. The van der Waals surface area contributed by atoms with Crippen molar-refractivity contribution in [2.45, 2.75) is 19.3 Å². The van der Waals surface area contributed by atoms with Crippen molar-refractivity contribution >= 4 is 23.3 Å². The summed E-state index contributed by atoms with van der Waals surface area (Å²) in [5.74, 6) is 0.149. The highest BCUT2D eigenvalue weighted by Crippen LogP contribution is 2.27. The summed E-state index contributed by atoms with van der Waals surface area (Å²) >= 11 is 5.80. The van der Waals surface area contributed by atoms with Gasteiger partial charge in [-0.1, -0.05) is 18.0 Å². The molecule has 1 aliphatic rings. The molecule has 3 nitrogen and oxygen atoms in total. The van der Waals surface area contributed by atoms with Crippen molar-refractivity contribution in [2.75, 3.05) is 12.3 Å². The smallest absolute Gasteiger partial charge is 0.340 e. The van der Waals surface area contributed by atoms with Crippen LogP contribution in [0.4, 0.5) is 5.69 Å². The molecule has 1 saturated carbocycles. The van der Waals surface area contributed by atoms with Crippen LogP contribution in [0.15, 0.2) is 18.2 Å². The first-order valence-electron chi connectivity index (χ1n) is 5.39. The molecule has 1 aromatic carbocycles. The third-order valence-electron chi connectivity index (χ3n) is 2.91. The Balaban J connectivity index is 1.99. The van der Waals surface area contributed by atoms with E-state index in [1.807, 2.05) is 0 Å². The van der Waals surface area contributed by atoms with Crippen LogP contribution in [-0.2, 0) is 4.74 Å². The molecule has 0 aliphatic heterocycles. The summed E-state index contributed by atoms with van der Waals surface area (Å²) in [6.07, 6.45) is 3.54. The minimum absolute atomic E-state index is 0.354. The molecule has 4 heteroatoms. The van der Waals surface area contributed by atoms with Crippen molar-refractivity contribution in [3.05, 3.63) is 28.8 Å². The highest BCUT2D eigenvalue weighted by atomic mass is 35.5. The van der Waals surface area contributed by atoms with Crippen LogP contribution >= 0.6 is 11.6 Å². The van der Waals surface area contributed by atoms with Crippen LogP contribution in [0.3, 0.4) is 0 Å². The Hall–Kier alpha value is -1.22. The van der Waals surface area contributed by atoms with Gasteiger partial charge in [-0.25, -0.2) is 4.79 Å². The van der Waals surface area contributed by atoms with E-state index in [1.54, 1.807) is 18.2 Å². The molecule has 0 radical (unpaired) electrons. The normalized spacial score (nSPS) is 15.6. The standard InChI is InChI=1S/C12H14ClNO2/c13-9-4-5-11(14)10(6-9)12(15)16-7-8-2-1-3-8/h4-6,8H,1-3,7,14H2. The van der Waals surface area contributed by atoms with Crippen LogP contribution in [0.2, 0.25) is 5.02 Å². The first kappa shape index (κ1) is 11.3. The number of carbonyl (C=O) groups is 1. The molecule has 0 spiro atoms. The molecule has 1 fully saturated rings. The van der Waals surface area contributed by atoms with Gasteiger partial charge in [-0.2, -0.15) is 0 Å². The van der Waals surface area contributed by atoms with Crippen LogP contribution in [-0.4, -0.2) is 12.6 Å². The van der Waals surface area contributed by atoms with Crippen LogP contribution in [0, 0.1) is 5.92 Å². The maximum Gasteiger partial charge on any atom is 0.340 e. The van der Waals surface area contributed by atoms with Gasteiger partial charge in [0.2, 0.25) is 0 Å². The van der Waals surface area contributed by atoms with Crippen molar-refractivity contribution in [1.29, 1.82) is 0 Å². The molecule has 1 aromatic rings. The molecular formula is C12H14ClNO2. The molecule has 0 saturated heterocycles. The van der Waals surface area contributed by atoms with E-state index in [0.29, 0.717) is 28.8 Å². The first-order valence-corrected chi connectivity index (χ1v) is 5.77. The zero-order chi connectivity index (χ0) is 11.5. The van der Waals surface area contributed by atoms with Crippen molar-refractivity contribution in [3.8, 4) is 0 Å². The molecule has 0 unspecified atom stereocenters. The van der Waals surface area contributed by atoms with Gasteiger partial charge in [0.05, 0.1) is 12.2 Å². The van der Waals surface area contributed by atoms with Gasteiger partial charge in [0.25, 0.3) is 0 Å². The van der Waals surface area contributed by atoms with Crippen molar-refractivity contribution in [2.24, 2.45) is 5.92 Å². The minimum Gasteiger partial charge on any atom is -0.462 e. The molecular weight excluding hydrogens is 226 g/mol. The molecule has 0 aromatic heterocycles. The zero-order valence-electron chi connectivity index (χ0n) is 8.91. The lowest BCUT2D eigenvalue weighted by Gasteiger charge is -2.24. The summed E-state index contributed by atoms with van der Waals surface area (Å²) < 4.78 is 5.19. The van der Waals surface area contributed by atoms with E-state index in [2.05, 4.69) is 0 Å². The van der Waals surface area contributed by atoms with E-state index in [0.717, 1.165) is 12.8 Å². The Kier molecular flexibility index (Phi) is 3.34. The average molecular weight is 240 g/mol. The summed E-state index contributed by atoms with van der Waals surface area (Å²) in [4.78, 5) is 11.7. The lowest BCUT2D eigenvalue weighted by atomic mass is 9.86. The molecule has 16 heavy (non-hydrogen) atoms. The van der Waals surface area contributed by atoms with E-state index >= 15 is 0 Å². The van der Waals surface area contributed by atoms with E-state index < -0.39 is 0 Å². The number of anilines is 1. The van der Waals surface area contributed by atoms with Crippen molar-refractivity contribution in [1.82, 2.24) is 0 Å². The quantitative estimate of drug-likeness (QED) is 0.652. The zero-order valence-corrected chi connectivity index (χ0v) is 9.67. The summed E-state index contributed by atoms with van der Waals surface area (Å²) in [5, 5.41) is 0.491. The minimum atomic E-state index is -0.382. The molecule has 2 rings (SSSR count). The first-order chi connectivity index (χ1) is 7.66. The molecule has 1 aliphatic carbocycles. The predicted octanol–water partition coefficient (Wildman–Crippen LogP) is 2.88. The molecule has 86 valence electrons. The Labute approximate surface area is 99.5 Å². The summed E-state index contributed by atoms with van der Waals surface area (Å²) in [6.45, 7) is 0.491. The van der Waals surface area contributed by atoms with Gasteiger partial charge in [0, 0.05) is 10.7 Å². The second-order valence-corrected chi connectivity index (χ2v) is 4.56. The van der Waals surface area contributed by atoms with Gasteiger partial charge < -0.3 is 10.5 Å². The lowest BCUT2D eigenvalue weighted by Crippen LogP contribution is -2.20. The van der Waals surface area contributed by atoms with Gasteiger partial charge >= 0.3 is 5.97 Å². The van der Waals surface area contributed by atoms with Gasteiger partial charge in [0.1, 0.15) is 0 Å². The summed E-state index contributed by atoms with van der Waals surface area (Å²) in [5.41, 5.74) is 6.44. The number of ether oxygens (including phenoxy) is 1. The molecule has 0 bridgehead atoms. The van der Waals surface area contributed by atoms with Crippen molar-refractivity contribution in [3.63, 3.8) is 0 Å². The number of esters is 1. The number of hydrogen-bond acceptors (Lipinski definition) is 3. The Morgan fingerprint density at radius 1 is 1.50 bits per heavy atom. The number of halogens is 1. The highest BCUT2D eigenvalue weighted by molar-refractivity contribution is 6.31. The van der Waals surface area contributed by atoms with Crippen LogP contribution in [0.1, 0.15) is 29.6 Å². The number of benzene rings is 1. The summed E-state index contributed by atoms with van der Waals surface area (Å²) in [6, 6.07) is 4.81. The number of nitrogens with two attached hydrogens (primary N) is 1. The van der Waals surface area contributed by atoms with Gasteiger partial charge in [-0.05, 0) is 37.0 Å². The molecule has 0 heterocycles. The van der Waals surface area contributed by atoms with E-state index in [-0.39, 0.29) is 5.97 Å². The van der Waals surface area contributed by atoms with Gasteiger partial charge in [-0.15, -0.1) is 0 Å². The van der Waals surface area contributed by atoms with Gasteiger partial charge in [-0.3, -0.25) is 0 Å². The predicted molar refractivity (Wildman–Crippen MR) is 63.5 cm³/mol. The number of nitrogen functional groups attached to an aromatic ring is 1. The number of carbonyl (C=O) groups excluding carboxylic acids is 1. The van der Waals surface area contributed by atoms with E-state index in [1.165, 1.54) is 6.42 Å². The fourth-order valence-electron chi connectivity index (χ4n) is 1.64. The second-order valence-electron chi connectivity index (χ2n) is 4.13. The van der Waals surface area contributed by atoms with Crippen LogP contribution in [0.25, 0.3) is 0 Å². The lowest BCUT2D eigenvalue weighted by molar-refractivity contribution is 0.0373. The third kappa shape index (κ3) is 2.47. The fraction of sp³-hybridized carbons (Fsp3) is 0.417. The third-order valence-corrected chi connectivity index (χ3v) is 3.15. The number of rotatable bonds is 3. The van der Waals surface area contributed by atoms with E-state index in [9.17, 15) is 4.79 Å². The second kappa shape index (κ2) is 4.74.